The highest BCUT2D eigenvalue weighted by Crippen LogP contribution is 2.07. The molecule has 5 heteroatoms. The predicted molar refractivity (Wildman–Crippen MR) is 75.1 cm³/mol. The van der Waals surface area contributed by atoms with Crippen LogP contribution in [0.25, 0.3) is 0 Å². The molecule has 0 radical (unpaired) electrons. The Bertz CT molecular complexity index is 562. The zero-order valence-electron chi connectivity index (χ0n) is 10.5. The summed E-state index contributed by atoms with van der Waals surface area (Å²) in [6.45, 7) is 2.05. The second-order valence-electron chi connectivity index (χ2n) is 3.94. The van der Waals surface area contributed by atoms with Crippen molar-refractivity contribution in [3.05, 3.63) is 57.8 Å². The normalized spacial score (nSPS) is 9.95. The maximum Gasteiger partial charge on any atom is 0.279 e. The van der Waals surface area contributed by atoms with E-state index in [0.29, 0.717) is 10.4 Å². The van der Waals surface area contributed by atoms with Crippen molar-refractivity contribution in [2.45, 2.75) is 13.3 Å². The summed E-state index contributed by atoms with van der Waals surface area (Å²) in [7, 11) is 0. The van der Waals surface area contributed by atoms with E-state index in [0.717, 1.165) is 6.42 Å². The molecule has 19 heavy (non-hydrogen) atoms. The highest BCUT2D eigenvalue weighted by molar-refractivity contribution is 7.12. The van der Waals surface area contributed by atoms with Gasteiger partial charge >= 0.3 is 0 Å². The summed E-state index contributed by atoms with van der Waals surface area (Å²) in [5.41, 5.74) is 6.46. The summed E-state index contributed by atoms with van der Waals surface area (Å²) < 4.78 is 0. The van der Waals surface area contributed by atoms with Gasteiger partial charge in [-0.05, 0) is 35.6 Å². The Morgan fingerprint density at radius 1 is 1.05 bits per heavy atom. The van der Waals surface area contributed by atoms with Crippen molar-refractivity contribution in [2.24, 2.45) is 0 Å². The first kappa shape index (κ1) is 13.3. The molecule has 2 aromatic rings. The molecule has 2 amide bonds. The van der Waals surface area contributed by atoms with Gasteiger partial charge in [0.25, 0.3) is 11.8 Å². The fourth-order valence-electron chi connectivity index (χ4n) is 1.55. The summed E-state index contributed by atoms with van der Waals surface area (Å²) in [5, 5.41) is 1.81. The van der Waals surface area contributed by atoms with Crippen molar-refractivity contribution in [2.75, 3.05) is 0 Å². The number of carbonyl (C=O) groups is 2. The second-order valence-corrected chi connectivity index (χ2v) is 4.88. The molecule has 0 spiro atoms. The van der Waals surface area contributed by atoms with Crippen molar-refractivity contribution in [1.82, 2.24) is 10.9 Å². The van der Waals surface area contributed by atoms with E-state index in [1.807, 2.05) is 12.1 Å². The smallest absolute Gasteiger partial charge is 0.267 e. The van der Waals surface area contributed by atoms with Crippen LogP contribution in [0.1, 0.15) is 32.5 Å². The zero-order valence-corrected chi connectivity index (χ0v) is 11.3. The Hall–Kier alpha value is -2.14. The Labute approximate surface area is 115 Å². The van der Waals surface area contributed by atoms with Crippen LogP contribution in [0.3, 0.4) is 0 Å². The molecule has 0 saturated heterocycles. The molecule has 0 unspecified atom stereocenters. The van der Waals surface area contributed by atoms with Crippen molar-refractivity contribution in [1.29, 1.82) is 0 Å². The molecule has 0 bridgehead atoms. The number of amides is 2. The largest absolute Gasteiger partial charge is 0.279 e. The number of carbonyl (C=O) groups excluding carboxylic acids is 2. The number of hydrazine groups is 1. The molecular weight excluding hydrogens is 260 g/mol. The van der Waals surface area contributed by atoms with Gasteiger partial charge in [-0.25, -0.2) is 0 Å². The monoisotopic (exact) mass is 274 g/mol. The Morgan fingerprint density at radius 3 is 2.32 bits per heavy atom. The SMILES string of the molecule is CCc1ccc(C(=O)NNC(=O)c2cccs2)cc1. The lowest BCUT2D eigenvalue weighted by Crippen LogP contribution is -2.41. The van der Waals surface area contributed by atoms with E-state index in [-0.39, 0.29) is 11.8 Å². The molecule has 0 aliphatic heterocycles. The third kappa shape index (κ3) is 3.42. The molecule has 98 valence electrons. The van der Waals surface area contributed by atoms with E-state index in [1.165, 1.54) is 16.9 Å². The first-order valence-electron chi connectivity index (χ1n) is 5.94. The molecule has 0 saturated carbocycles. The van der Waals surface area contributed by atoms with Gasteiger partial charge < -0.3 is 0 Å². The Morgan fingerprint density at radius 2 is 1.74 bits per heavy atom. The molecule has 4 nitrogen and oxygen atoms in total. The summed E-state index contributed by atoms with van der Waals surface area (Å²) in [5.74, 6) is -0.638. The molecule has 0 aliphatic rings. The zero-order chi connectivity index (χ0) is 13.7. The van der Waals surface area contributed by atoms with E-state index in [9.17, 15) is 9.59 Å². The first-order chi connectivity index (χ1) is 9.20. The number of hydrogen-bond acceptors (Lipinski definition) is 3. The fourth-order valence-corrected chi connectivity index (χ4v) is 2.17. The minimum absolute atomic E-state index is 0.312. The first-order valence-corrected chi connectivity index (χ1v) is 6.82. The molecule has 2 rings (SSSR count). The number of aryl methyl sites for hydroxylation is 1. The fraction of sp³-hybridized carbons (Fsp3) is 0.143. The summed E-state index contributed by atoms with van der Waals surface area (Å²) in [4.78, 5) is 24.0. The molecule has 2 N–H and O–H groups in total. The lowest BCUT2D eigenvalue weighted by Gasteiger charge is -2.06. The van der Waals surface area contributed by atoms with Gasteiger partial charge in [0.1, 0.15) is 0 Å². The van der Waals surface area contributed by atoms with Crippen LogP contribution < -0.4 is 10.9 Å². The lowest BCUT2D eigenvalue weighted by molar-refractivity contribution is 0.0849. The molecule has 1 heterocycles. The topological polar surface area (TPSA) is 58.2 Å². The average molecular weight is 274 g/mol. The summed E-state index contributed by atoms with van der Waals surface area (Å²) >= 11 is 1.32. The molecule has 0 aliphatic carbocycles. The Balaban J connectivity index is 1.92. The second kappa shape index (κ2) is 6.15. The standard InChI is InChI=1S/C14H14N2O2S/c1-2-10-5-7-11(8-6-10)13(17)15-16-14(18)12-4-3-9-19-12/h3-9H,2H2,1H3,(H,15,17)(H,16,18). The van der Waals surface area contributed by atoms with Crippen LogP contribution in [-0.2, 0) is 6.42 Å². The van der Waals surface area contributed by atoms with Gasteiger partial charge in [-0.2, -0.15) is 0 Å². The predicted octanol–water partition coefficient (Wildman–Crippen LogP) is 2.39. The molecule has 1 aromatic heterocycles. The van der Waals surface area contributed by atoms with Crippen LogP contribution in [0.2, 0.25) is 0 Å². The van der Waals surface area contributed by atoms with Gasteiger partial charge in [0.2, 0.25) is 0 Å². The molecule has 0 atom stereocenters. The number of benzene rings is 1. The summed E-state index contributed by atoms with van der Waals surface area (Å²) in [6, 6.07) is 10.8. The number of rotatable bonds is 3. The highest BCUT2D eigenvalue weighted by atomic mass is 32.1. The maximum atomic E-state index is 11.8. The van der Waals surface area contributed by atoms with Gasteiger partial charge in [0.05, 0.1) is 4.88 Å². The minimum Gasteiger partial charge on any atom is -0.267 e. The van der Waals surface area contributed by atoms with Gasteiger partial charge in [0, 0.05) is 5.56 Å². The number of nitrogens with one attached hydrogen (secondary N) is 2. The van der Waals surface area contributed by atoms with Crippen molar-refractivity contribution >= 4 is 23.2 Å². The van der Waals surface area contributed by atoms with Gasteiger partial charge in [0.15, 0.2) is 0 Å². The molecular formula is C14H14N2O2S. The van der Waals surface area contributed by atoms with Crippen LogP contribution >= 0.6 is 11.3 Å². The molecule has 0 fully saturated rings. The summed E-state index contributed by atoms with van der Waals surface area (Å²) in [6.07, 6.45) is 0.928. The Kier molecular flexibility index (Phi) is 4.30. The molecule has 1 aromatic carbocycles. The van der Waals surface area contributed by atoms with Crippen LogP contribution in [0.15, 0.2) is 41.8 Å². The van der Waals surface area contributed by atoms with E-state index in [1.54, 1.807) is 29.6 Å². The van der Waals surface area contributed by atoms with Gasteiger partial charge in [-0.1, -0.05) is 25.1 Å². The van der Waals surface area contributed by atoms with Crippen LogP contribution in [0.5, 0.6) is 0 Å². The highest BCUT2D eigenvalue weighted by Gasteiger charge is 2.09. The van der Waals surface area contributed by atoms with Crippen LogP contribution in [0.4, 0.5) is 0 Å². The van der Waals surface area contributed by atoms with Gasteiger partial charge in [-0.3, -0.25) is 20.4 Å². The van der Waals surface area contributed by atoms with Crippen molar-refractivity contribution < 1.29 is 9.59 Å². The van der Waals surface area contributed by atoms with Crippen molar-refractivity contribution in [3.63, 3.8) is 0 Å². The number of thiophene rings is 1. The van der Waals surface area contributed by atoms with E-state index in [4.69, 9.17) is 0 Å². The van der Waals surface area contributed by atoms with Crippen LogP contribution in [0, 0.1) is 0 Å². The van der Waals surface area contributed by atoms with Gasteiger partial charge in [-0.15, -0.1) is 11.3 Å². The van der Waals surface area contributed by atoms with E-state index >= 15 is 0 Å². The number of hydrogen-bond donors (Lipinski definition) is 2. The van der Waals surface area contributed by atoms with Crippen molar-refractivity contribution in [3.8, 4) is 0 Å². The van der Waals surface area contributed by atoms with E-state index in [2.05, 4.69) is 17.8 Å². The lowest BCUT2D eigenvalue weighted by atomic mass is 10.1. The average Bonchev–Trinajstić information content (AvgIpc) is 2.98. The minimum atomic E-state index is -0.326. The quantitative estimate of drug-likeness (QED) is 0.844. The van der Waals surface area contributed by atoms with Crippen LogP contribution in [-0.4, -0.2) is 11.8 Å². The third-order valence-corrected chi connectivity index (χ3v) is 3.53. The van der Waals surface area contributed by atoms with E-state index < -0.39 is 0 Å². The third-order valence-electron chi connectivity index (χ3n) is 2.66. The maximum absolute atomic E-state index is 11.8.